The maximum atomic E-state index is 13.7. The third kappa shape index (κ3) is 4.10. The zero-order chi connectivity index (χ0) is 19.6. The topological polar surface area (TPSA) is 64.6 Å². The van der Waals surface area contributed by atoms with Gasteiger partial charge in [0.05, 0.1) is 19.2 Å². The summed E-state index contributed by atoms with van der Waals surface area (Å²) in [6.45, 7) is 4.17. The molecule has 0 amide bonds. The number of carbonyl (C=O) groups excluding carboxylic acids is 2. The van der Waals surface area contributed by atoms with Gasteiger partial charge < -0.3 is 14.8 Å². The van der Waals surface area contributed by atoms with Crippen molar-refractivity contribution in [1.29, 1.82) is 0 Å². The van der Waals surface area contributed by atoms with E-state index in [-0.39, 0.29) is 37.1 Å². The molecule has 0 saturated heterocycles. The van der Waals surface area contributed by atoms with Crippen LogP contribution in [0.15, 0.2) is 36.4 Å². The van der Waals surface area contributed by atoms with Gasteiger partial charge in [-0.2, -0.15) is 0 Å². The molecule has 3 rings (SSSR count). The van der Waals surface area contributed by atoms with Gasteiger partial charge in [0.1, 0.15) is 18.2 Å². The van der Waals surface area contributed by atoms with Gasteiger partial charge in [0.2, 0.25) is 0 Å². The van der Waals surface area contributed by atoms with Crippen LogP contribution in [0, 0.1) is 5.82 Å². The number of carbonyl (C=O) groups is 2. The van der Waals surface area contributed by atoms with Crippen LogP contribution in [0.1, 0.15) is 41.8 Å². The molecule has 1 aliphatic heterocycles. The van der Waals surface area contributed by atoms with Crippen molar-refractivity contribution in [3.8, 4) is 5.75 Å². The summed E-state index contributed by atoms with van der Waals surface area (Å²) in [5.41, 5.74) is 2.20. The van der Waals surface area contributed by atoms with Crippen molar-refractivity contribution in [2.24, 2.45) is 0 Å². The highest BCUT2D eigenvalue weighted by molar-refractivity contribution is 5.94. The molecule has 0 spiro atoms. The molecular formula is C21H22FNO4. The van der Waals surface area contributed by atoms with Crippen LogP contribution in [-0.4, -0.2) is 25.4 Å². The highest BCUT2D eigenvalue weighted by Gasteiger charge is 2.28. The van der Waals surface area contributed by atoms with E-state index in [1.807, 2.05) is 19.9 Å². The van der Waals surface area contributed by atoms with Gasteiger partial charge in [-0.15, -0.1) is 0 Å². The first-order chi connectivity index (χ1) is 12.8. The zero-order valence-corrected chi connectivity index (χ0v) is 15.6. The molecule has 5 nitrogen and oxygen atoms in total. The highest BCUT2D eigenvalue weighted by atomic mass is 19.1. The molecule has 2 aromatic carbocycles. The maximum absolute atomic E-state index is 13.7. The van der Waals surface area contributed by atoms with E-state index < -0.39 is 5.41 Å². The number of hydrogen-bond acceptors (Lipinski definition) is 5. The monoisotopic (exact) mass is 371 g/mol. The van der Waals surface area contributed by atoms with Crippen LogP contribution in [0.25, 0.3) is 0 Å². The fourth-order valence-corrected chi connectivity index (χ4v) is 3.30. The minimum atomic E-state index is -0.579. The fourth-order valence-electron chi connectivity index (χ4n) is 3.30. The van der Waals surface area contributed by atoms with Gasteiger partial charge >= 0.3 is 5.97 Å². The SMILES string of the molecule is COc1ccc(F)cc1C(C)(C)CC(=O)CNc1ccc2c(c1)COC2=O. The Morgan fingerprint density at radius 1 is 1.26 bits per heavy atom. The van der Waals surface area contributed by atoms with Gasteiger partial charge in [-0.1, -0.05) is 13.8 Å². The second-order valence-corrected chi connectivity index (χ2v) is 7.25. The molecule has 0 bridgehead atoms. The molecule has 1 N–H and O–H groups in total. The number of ketones is 1. The first-order valence-corrected chi connectivity index (χ1v) is 8.70. The number of halogens is 1. The van der Waals surface area contributed by atoms with Crippen molar-refractivity contribution in [1.82, 2.24) is 0 Å². The number of ether oxygens (including phenoxy) is 2. The number of fused-ring (bicyclic) bond motifs is 1. The van der Waals surface area contributed by atoms with Crippen molar-refractivity contribution in [3.63, 3.8) is 0 Å². The number of rotatable bonds is 7. The van der Waals surface area contributed by atoms with Crippen molar-refractivity contribution in [2.45, 2.75) is 32.3 Å². The summed E-state index contributed by atoms with van der Waals surface area (Å²) in [7, 11) is 1.53. The maximum Gasteiger partial charge on any atom is 0.338 e. The van der Waals surface area contributed by atoms with E-state index in [0.717, 1.165) is 11.3 Å². The molecule has 1 aliphatic rings. The van der Waals surface area contributed by atoms with Crippen LogP contribution in [0.3, 0.4) is 0 Å². The zero-order valence-electron chi connectivity index (χ0n) is 15.6. The largest absolute Gasteiger partial charge is 0.496 e. The van der Waals surface area contributed by atoms with E-state index in [2.05, 4.69) is 5.32 Å². The minimum Gasteiger partial charge on any atom is -0.496 e. The van der Waals surface area contributed by atoms with E-state index in [0.29, 0.717) is 16.9 Å². The van der Waals surface area contributed by atoms with Gasteiger partial charge in [0.25, 0.3) is 0 Å². The van der Waals surface area contributed by atoms with E-state index in [1.54, 1.807) is 18.2 Å². The summed E-state index contributed by atoms with van der Waals surface area (Å²) >= 11 is 0. The molecule has 6 heteroatoms. The van der Waals surface area contributed by atoms with E-state index in [1.165, 1.54) is 19.2 Å². The Morgan fingerprint density at radius 2 is 2.04 bits per heavy atom. The Morgan fingerprint density at radius 3 is 2.78 bits per heavy atom. The second kappa shape index (κ2) is 7.39. The molecule has 1 heterocycles. The van der Waals surface area contributed by atoms with Gasteiger partial charge in [-0.3, -0.25) is 4.79 Å². The molecule has 27 heavy (non-hydrogen) atoms. The Labute approximate surface area is 157 Å². The summed E-state index contributed by atoms with van der Waals surface area (Å²) in [5, 5.41) is 3.08. The molecule has 0 atom stereocenters. The highest BCUT2D eigenvalue weighted by Crippen LogP contribution is 2.35. The lowest BCUT2D eigenvalue weighted by Crippen LogP contribution is -2.26. The smallest absolute Gasteiger partial charge is 0.338 e. The van der Waals surface area contributed by atoms with Crippen molar-refractivity contribution in [2.75, 3.05) is 19.0 Å². The van der Waals surface area contributed by atoms with Crippen molar-refractivity contribution >= 4 is 17.4 Å². The summed E-state index contributed by atoms with van der Waals surface area (Å²) in [4.78, 5) is 24.0. The van der Waals surface area contributed by atoms with Gasteiger partial charge in [0.15, 0.2) is 5.78 Å². The number of esters is 1. The number of anilines is 1. The lowest BCUT2D eigenvalue weighted by Gasteiger charge is -2.26. The number of nitrogens with one attached hydrogen (secondary N) is 1. The summed E-state index contributed by atoms with van der Waals surface area (Å²) in [5.74, 6) is -0.137. The second-order valence-electron chi connectivity index (χ2n) is 7.25. The quantitative estimate of drug-likeness (QED) is 0.749. The molecule has 2 aromatic rings. The Bertz CT molecular complexity index is 892. The molecule has 0 unspecified atom stereocenters. The predicted octanol–water partition coefficient (Wildman–Crippen LogP) is 3.85. The average molecular weight is 371 g/mol. The first-order valence-electron chi connectivity index (χ1n) is 8.70. The molecule has 142 valence electrons. The number of benzene rings is 2. The van der Waals surface area contributed by atoms with Gasteiger partial charge in [-0.05, 0) is 36.4 Å². The summed E-state index contributed by atoms with van der Waals surface area (Å²) < 4.78 is 24.0. The molecular weight excluding hydrogens is 349 g/mol. The molecule has 0 aliphatic carbocycles. The Hall–Kier alpha value is -2.89. The third-order valence-corrected chi connectivity index (χ3v) is 4.70. The fraction of sp³-hybridized carbons (Fsp3) is 0.333. The third-order valence-electron chi connectivity index (χ3n) is 4.70. The number of methoxy groups -OCH3 is 1. The van der Waals surface area contributed by atoms with Gasteiger partial charge in [-0.25, -0.2) is 9.18 Å². The van der Waals surface area contributed by atoms with E-state index in [9.17, 15) is 14.0 Å². The van der Waals surface area contributed by atoms with E-state index in [4.69, 9.17) is 9.47 Å². The first kappa shape index (κ1) is 18.9. The lowest BCUT2D eigenvalue weighted by atomic mass is 9.79. The molecule has 0 aromatic heterocycles. The lowest BCUT2D eigenvalue weighted by molar-refractivity contribution is -0.118. The van der Waals surface area contributed by atoms with Crippen LogP contribution in [-0.2, 0) is 21.6 Å². The summed E-state index contributed by atoms with van der Waals surface area (Å²) in [6, 6.07) is 9.58. The summed E-state index contributed by atoms with van der Waals surface area (Å²) in [6.07, 6.45) is 0.229. The molecule has 0 saturated carbocycles. The van der Waals surface area contributed by atoms with Crippen LogP contribution in [0.5, 0.6) is 5.75 Å². The standard InChI is InChI=1S/C21H22FNO4/c1-21(2,18-9-14(22)4-7-19(18)26-3)10-16(24)11-23-15-5-6-17-13(8-15)12-27-20(17)25/h4-9,23H,10-12H2,1-3H3. The van der Waals surface area contributed by atoms with Crippen molar-refractivity contribution < 1.29 is 23.5 Å². The van der Waals surface area contributed by atoms with Gasteiger partial charge in [0, 0.05) is 28.7 Å². The van der Waals surface area contributed by atoms with Crippen molar-refractivity contribution in [3.05, 3.63) is 58.9 Å². The molecule has 0 radical (unpaired) electrons. The normalized spacial score (nSPS) is 13.1. The molecule has 0 fully saturated rings. The number of hydrogen-bond donors (Lipinski definition) is 1. The number of cyclic esters (lactones) is 1. The minimum absolute atomic E-state index is 0.0147. The number of Topliss-reactive ketones (excluding diaryl/α,β-unsaturated/α-hetero) is 1. The van der Waals surface area contributed by atoms with Crippen LogP contribution in [0.4, 0.5) is 10.1 Å². The Balaban J connectivity index is 1.65. The van der Waals surface area contributed by atoms with E-state index >= 15 is 0 Å². The van der Waals surface area contributed by atoms with Crippen LogP contribution in [0.2, 0.25) is 0 Å². The van der Waals surface area contributed by atoms with Crippen LogP contribution >= 0.6 is 0 Å². The van der Waals surface area contributed by atoms with Crippen LogP contribution < -0.4 is 10.1 Å². The average Bonchev–Trinajstić information content (AvgIpc) is 3.00. The Kier molecular flexibility index (Phi) is 5.17. The predicted molar refractivity (Wildman–Crippen MR) is 99.7 cm³/mol.